The number of nitrogens with one attached hydrogen (secondary N) is 1. The third-order valence-electron chi connectivity index (χ3n) is 2.72. The van der Waals surface area contributed by atoms with Gasteiger partial charge in [0, 0.05) is 5.75 Å². The Kier molecular flexibility index (Phi) is 6.21. The molecule has 0 saturated heterocycles. The third-order valence-corrected chi connectivity index (χ3v) is 3.82. The molecule has 1 aromatic carbocycles. The molecule has 0 aliphatic rings. The predicted molar refractivity (Wildman–Crippen MR) is 80.3 cm³/mol. The van der Waals surface area contributed by atoms with Crippen LogP contribution in [0.3, 0.4) is 0 Å². The summed E-state index contributed by atoms with van der Waals surface area (Å²) in [4.78, 5) is 4.03. The molecule has 0 aliphatic carbocycles. The lowest BCUT2D eigenvalue weighted by Gasteiger charge is -2.06. The van der Waals surface area contributed by atoms with Gasteiger partial charge in [-0.05, 0) is 28.5 Å². The second kappa shape index (κ2) is 8.37. The summed E-state index contributed by atoms with van der Waals surface area (Å²) in [6.07, 6.45) is -0.961. The van der Waals surface area contributed by atoms with Crippen molar-refractivity contribution in [3.63, 3.8) is 0 Å². The average Bonchev–Trinajstić information content (AvgIpc) is 3.07. The van der Waals surface area contributed by atoms with E-state index in [-0.39, 0.29) is 33.6 Å². The van der Waals surface area contributed by atoms with Crippen molar-refractivity contribution in [3.05, 3.63) is 35.3 Å². The van der Waals surface area contributed by atoms with E-state index in [9.17, 15) is 14.7 Å². The molecule has 24 heavy (non-hydrogen) atoms. The third kappa shape index (κ3) is 4.27. The van der Waals surface area contributed by atoms with Gasteiger partial charge >= 0.3 is 0 Å². The molecule has 0 fully saturated rings. The van der Waals surface area contributed by atoms with Gasteiger partial charge < -0.3 is 10.2 Å². The molecule has 2 rings (SSSR count). The van der Waals surface area contributed by atoms with Crippen LogP contribution < -0.4 is 5.48 Å². The lowest BCUT2D eigenvalue weighted by Crippen LogP contribution is -2.21. The molecule has 0 saturated carbocycles. The molecule has 4 N–H and O–H groups in total. The first-order valence-electron chi connectivity index (χ1n) is 6.52. The molecule has 0 radical (unpaired) electrons. The molecule has 0 bridgehead atoms. The molecule has 1 aromatic heterocycles. The minimum absolute atomic E-state index is 0.0514. The highest BCUT2D eigenvalue weighted by molar-refractivity contribution is 7.99. The summed E-state index contributed by atoms with van der Waals surface area (Å²) in [7, 11) is 0. The second-order valence-corrected chi connectivity index (χ2v) is 5.42. The first-order valence-corrected chi connectivity index (χ1v) is 7.50. The van der Waals surface area contributed by atoms with Crippen LogP contribution in [0.1, 0.15) is 11.3 Å². The van der Waals surface area contributed by atoms with Crippen LogP contribution in [0.15, 0.2) is 32.8 Å². The Hall–Kier alpha value is -2.52. The zero-order chi connectivity index (χ0) is 17.5. The van der Waals surface area contributed by atoms with E-state index in [1.165, 1.54) is 12.1 Å². The highest BCUT2D eigenvalue weighted by Crippen LogP contribution is 2.22. The molecule has 1 atom stereocenters. The van der Waals surface area contributed by atoms with Gasteiger partial charge in [0.25, 0.3) is 0 Å². The second-order valence-electron chi connectivity index (χ2n) is 4.41. The van der Waals surface area contributed by atoms with Gasteiger partial charge in [-0.3, -0.25) is 10.7 Å². The molecule has 11 heteroatoms. The number of aliphatic hydroxyl groups excluding tert-OH is 2. The Balaban J connectivity index is 2.29. The lowest BCUT2D eigenvalue weighted by atomic mass is 10.2. The van der Waals surface area contributed by atoms with Crippen molar-refractivity contribution in [2.45, 2.75) is 11.1 Å². The van der Waals surface area contributed by atoms with Gasteiger partial charge in [-0.1, -0.05) is 11.8 Å². The molecule has 0 unspecified atom stereocenters. The number of rotatable bonds is 6. The summed E-state index contributed by atoms with van der Waals surface area (Å²) in [5, 5.41) is 43.7. The maximum absolute atomic E-state index is 13.3. The van der Waals surface area contributed by atoms with Crippen LogP contribution in [0.2, 0.25) is 0 Å². The minimum atomic E-state index is -0.961. The Morgan fingerprint density at radius 1 is 1.50 bits per heavy atom. The number of hydrogen-bond acceptors (Lipinski definition) is 9. The number of aliphatic imine (C=N–C) groups is 1. The quantitative estimate of drug-likeness (QED) is 0.253. The van der Waals surface area contributed by atoms with Crippen molar-refractivity contribution in [3.8, 4) is 6.07 Å². The van der Waals surface area contributed by atoms with E-state index in [1.807, 2.05) is 5.48 Å². The van der Waals surface area contributed by atoms with E-state index in [1.54, 1.807) is 6.07 Å². The highest BCUT2D eigenvalue weighted by Gasteiger charge is 2.18. The van der Waals surface area contributed by atoms with Gasteiger partial charge in [0.15, 0.2) is 16.6 Å². The number of thioether (sulfide) groups is 1. The fraction of sp³-hybridized carbons (Fsp3) is 0.231. The number of aromatic nitrogens is 2. The van der Waals surface area contributed by atoms with Crippen molar-refractivity contribution in [2.24, 2.45) is 4.99 Å². The number of hydroxylamine groups is 1. The largest absolute Gasteiger partial charge is 0.394 e. The Morgan fingerprint density at radius 2 is 2.29 bits per heavy atom. The topological polar surface area (TPSA) is 148 Å². The van der Waals surface area contributed by atoms with Crippen LogP contribution >= 0.6 is 11.8 Å². The van der Waals surface area contributed by atoms with Crippen molar-refractivity contribution in [2.75, 3.05) is 12.4 Å². The summed E-state index contributed by atoms with van der Waals surface area (Å²) in [6.45, 7) is -0.417. The number of amidine groups is 1. The normalized spacial score (nSPS) is 12.7. The zero-order valence-corrected chi connectivity index (χ0v) is 12.9. The zero-order valence-electron chi connectivity index (χ0n) is 12.0. The summed E-state index contributed by atoms with van der Waals surface area (Å²) in [6, 6.07) is 5.26. The maximum atomic E-state index is 13.3. The standard InChI is InChI=1S/C13H12FN5O4S/c14-10-2-1-8(3-7(10)4-15)16-12(17-22)11-13(19-23-18-11)24-6-9(21)5-20/h1-3,9,20-22H,5-6H2,(H,16,17)/t9-/m0/s1. The van der Waals surface area contributed by atoms with Crippen molar-refractivity contribution in [1.82, 2.24) is 15.8 Å². The summed E-state index contributed by atoms with van der Waals surface area (Å²) >= 11 is 1.03. The molecule has 0 aliphatic heterocycles. The van der Waals surface area contributed by atoms with Gasteiger partial charge in [-0.2, -0.15) is 5.26 Å². The summed E-state index contributed by atoms with van der Waals surface area (Å²) in [5.41, 5.74) is 1.88. The number of nitrogens with zero attached hydrogens (tertiary/aromatic N) is 4. The van der Waals surface area contributed by atoms with E-state index in [0.717, 1.165) is 17.8 Å². The van der Waals surface area contributed by atoms with Crippen LogP contribution in [0.25, 0.3) is 0 Å². The van der Waals surface area contributed by atoms with Crippen LogP contribution in [0.4, 0.5) is 10.1 Å². The van der Waals surface area contributed by atoms with Crippen molar-refractivity contribution in [1.29, 1.82) is 5.26 Å². The van der Waals surface area contributed by atoms with E-state index in [0.29, 0.717) is 0 Å². The van der Waals surface area contributed by atoms with Crippen LogP contribution in [-0.4, -0.2) is 50.0 Å². The molecule has 9 nitrogen and oxygen atoms in total. The average molecular weight is 353 g/mol. The van der Waals surface area contributed by atoms with Gasteiger partial charge in [-0.25, -0.2) is 14.0 Å². The molecular formula is C13H12FN5O4S. The Bertz CT molecular complexity index is 776. The number of benzene rings is 1. The summed E-state index contributed by atoms with van der Waals surface area (Å²) < 4.78 is 17.9. The first kappa shape index (κ1) is 17.8. The van der Waals surface area contributed by atoms with Gasteiger partial charge in [0.2, 0.25) is 0 Å². The van der Waals surface area contributed by atoms with Gasteiger partial charge in [0.05, 0.1) is 24.0 Å². The fourth-order valence-electron chi connectivity index (χ4n) is 1.58. The molecule has 126 valence electrons. The maximum Gasteiger partial charge on any atom is 0.186 e. The number of aliphatic hydroxyl groups is 2. The number of hydrogen-bond donors (Lipinski definition) is 4. The number of halogens is 1. The molecule has 1 heterocycles. The van der Waals surface area contributed by atoms with Gasteiger partial charge in [0.1, 0.15) is 11.9 Å². The lowest BCUT2D eigenvalue weighted by molar-refractivity contribution is 0.113. The SMILES string of the molecule is N#Cc1cc(N=C(NO)c2nonc2SC[C@@H](O)CO)ccc1F. The predicted octanol–water partition coefficient (Wildman–Crippen LogP) is 0.583. The fourth-order valence-corrected chi connectivity index (χ4v) is 2.39. The minimum Gasteiger partial charge on any atom is -0.394 e. The smallest absolute Gasteiger partial charge is 0.186 e. The number of nitriles is 1. The first-order chi connectivity index (χ1) is 11.6. The highest BCUT2D eigenvalue weighted by atomic mass is 32.2. The van der Waals surface area contributed by atoms with Crippen LogP contribution in [-0.2, 0) is 0 Å². The van der Waals surface area contributed by atoms with Crippen molar-refractivity contribution < 1.29 is 24.4 Å². The van der Waals surface area contributed by atoms with E-state index in [2.05, 4.69) is 19.9 Å². The van der Waals surface area contributed by atoms with Gasteiger partial charge in [-0.15, -0.1) is 0 Å². The molecule has 2 aromatic rings. The Morgan fingerprint density at radius 3 is 2.96 bits per heavy atom. The summed E-state index contributed by atoms with van der Waals surface area (Å²) in [5.74, 6) is -0.717. The molecule has 0 amide bonds. The van der Waals surface area contributed by atoms with Crippen LogP contribution in [0, 0.1) is 17.1 Å². The molecular weight excluding hydrogens is 341 g/mol. The van der Waals surface area contributed by atoms with E-state index < -0.39 is 18.5 Å². The van der Waals surface area contributed by atoms with E-state index >= 15 is 0 Å². The van der Waals surface area contributed by atoms with Crippen molar-refractivity contribution >= 4 is 23.3 Å². The monoisotopic (exact) mass is 353 g/mol. The van der Waals surface area contributed by atoms with Crippen LogP contribution in [0.5, 0.6) is 0 Å². The van der Waals surface area contributed by atoms with E-state index in [4.69, 9.17) is 10.4 Å². The Labute approximate surface area is 139 Å². The molecule has 0 spiro atoms.